The average molecular weight is 717 g/mol. The number of rotatable bonds is 3. The molecule has 0 amide bonds. The Morgan fingerprint density at radius 3 is 1.96 bits per heavy atom. The van der Waals surface area contributed by atoms with Gasteiger partial charge in [0.2, 0.25) is 0 Å². The van der Waals surface area contributed by atoms with Gasteiger partial charge < -0.3 is 0 Å². The first-order valence-electron chi connectivity index (χ1n) is 20.8. The summed E-state index contributed by atoms with van der Waals surface area (Å²) in [6, 6.07) is 38.7. The van der Waals surface area contributed by atoms with Crippen LogP contribution in [0.5, 0.6) is 0 Å². The topological polar surface area (TPSA) is 30.7 Å². The van der Waals surface area contributed by atoms with Crippen molar-refractivity contribution in [3.8, 4) is 28.3 Å². The zero-order valence-electron chi connectivity index (χ0n) is 34.7. The van der Waals surface area contributed by atoms with Crippen LogP contribution in [0.4, 0.5) is 0 Å². The number of fused-ring (bicyclic) bond motifs is 14. The maximum Gasteiger partial charge on any atom is 0.163 e. The van der Waals surface area contributed by atoms with Crippen molar-refractivity contribution in [1.82, 2.24) is 14.5 Å². The third kappa shape index (κ3) is 4.15. The summed E-state index contributed by atoms with van der Waals surface area (Å²) in [5.41, 5.74) is 3.47. The highest BCUT2D eigenvalue weighted by Gasteiger charge is 2.25. The molecule has 0 saturated carbocycles. The van der Waals surface area contributed by atoms with Gasteiger partial charge in [-0.3, -0.25) is 4.57 Å². The van der Waals surface area contributed by atoms with Crippen molar-refractivity contribution < 1.29 is 9.60 Å². The molecule has 0 saturated heterocycles. The monoisotopic (exact) mass is 716 g/mol. The fraction of sp³-hybridized carbons (Fsp3) is 0. The van der Waals surface area contributed by atoms with E-state index in [1.807, 2.05) is 35.6 Å². The lowest BCUT2D eigenvalue weighted by molar-refractivity contribution is 1.08. The molecule has 0 radical (unpaired) electrons. The molecule has 246 valence electrons. The highest BCUT2D eigenvalue weighted by Crippen LogP contribution is 2.49. The second-order valence-corrected chi connectivity index (χ2v) is 15.2. The number of aromatic nitrogens is 3. The molecule has 0 aliphatic rings. The van der Waals surface area contributed by atoms with E-state index in [-0.39, 0.29) is 28.4 Å². The summed E-state index contributed by atoms with van der Waals surface area (Å²) in [5.74, 6) is 1.25. The second-order valence-electron chi connectivity index (χ2n) is 13.2. The van der Waals surface area contributed by atoms with E-state index in [1.54, 1.807) is 23.5 Å². The minimum absolute atomic E-state index is 0.0521. The van der Waals surface area contributed by atoms with E-state index in [9.17, 15) is 0 Å². The second kappa shape index (κ2) is 11.1. The van der Waals surface area contributed by atoms with Crippen LogP contribution in [0.3, 0.4) is 0 Å². The maximum atomic E-state index is 8.90. The lowest BCUT2D eigenvalue weighted by atomic mass is 9.97. The standard InChI is InChI=1S/C48H27N3S2/c1-2-14-31-28(12-1)13-11-20-32(31)29-24-26-30(27-25-29)46-49-47(43-37-19-7-10-23-40(37)53-48(43)50-46)51-38-21-8-5-17-35(38)42-44(51)34-16-4-3-15-33(34)41-36-18-6-9-22-39(36)52-45(41)42/h1-27H/i1D,2D,11D,12D,13D,14D,20D. The van der Waals surface area contributed by atoms with Crippen molar-refractivity contribution in [3.05, 3.63) is 164 Å². The van der Waals surface area contributed by atoms with Gasteiger partial charge in [-0.05, 0) is 45.5 Å². The fourth-order valence-corrected chi connectivity index (χ4v) is 10.4. The van der Waals surface area contributed by atoms with Crippen LogP contribution >= 0.6 is 22.7 Å². The third-order valence-corrected chi connectivity index (χ3v) is 12.6. The van der Waals surface area contributed by atoms with Gasteiger partial charge >= 0.3 is 0 Å². The van der Waals surface area contributed by atoms with Crippen molar-refractivity contribution in [2.45, 2.75) is 0 Å². The number of para-hydroxylation sites is 1. The highest BCUT2D eigenvalue weighted by molar-refractivity contribution is 7.27. The Balaban J connectivity index is 1.16. The molecule has 0 atom stereocenters. The quantitative estimate of drug-likeness (QED) is 0.182. The Kier molecular flexibility index (Phi) is 4.84. The lowest BCUT2D eigenvalue weighted by Crippen LogP contribution is -2.02. The zero-order chi connectivity index (χ0) is 40.7. The first kappa shape index (κ1) is 23.2. The van der Waals surface area contributed by atoms with Crippen molar-refractivity contribution in [3.63, 3.8) is 0 Å². The van der Waals surface area contributed by atoms with Gasteiger partial charge in [-0.1, -0.05) is 145 Å². The first-order valence-corrected chi connectivity index (χ1v) is 18.9. The molecule has 3 nitrogen and oxygen atoms in total. The molecule has 4 heterocycles. The van der Waals surface area contributed by atoms with Gasteiger partial charge in [-0.15, -0.1) is 22.7 Å². The van der Waals surface area contributed by atoms with E-state index in [4.69, 9.17) is 19.6 Å². The van der Waals surface area contributed by atoms with Crippen LogP contribution in [-0.2, 0) is 0 Å². The first-order chi connectivity index (χ1) is 29.2. The summed E-state index contributed by atoms with van der Waals surface area (Å²) in [6.45, 7) is 0. The van der Waals surface area contributed by atoms with E-state index in [1.165, 1.54) is 30.9 Å². The number of nitrogens with zero attached hydrogens (tertiary/aromatic N) is 3. The average Bonchev–Trinajstić information content (AvgIpc) is 3.97. The summed E-state index contributed by atoms with van der Waals surface area (Å²) in [6.07, 6.45) is 0. The largest absolute Gasteiger partial charge is 0.292 e. The molecular formula is C48H27N3S2. The lowest BCUT2D eigenvalue weighted by Gasteiger charge is -2.13. The van der Waals surface area contributed by atoms with E-state index in [0.29, 0.717) is 17.0 Å². The van der Waals surface area contributed by atoms with Gasteiger partial charge in [-0.25, -0.2) is 9.97 Å². The minimum Gasteiger partial charge on any atom is -0.292 e. The van der Waals surface area contributed by atoms with Crippen LogP contribution < -0.4 is 0 Å². The molecular weight excluding hydrogens is 683 g/mol. The Bertz CT molecular complexity index is 3860. The van der Waals surface area contributed by atoms with E-state index >= 15 is 0 Å². The molecule has 8 aromatic carbocycles. The normalized spacial score (nSPS) is 14.0. The third-order valence-electron chi connectivity index (χ3n) is 10.3. The van der Waals surface area contributed by atoms with Crippen molar-refractivity contribution in [2.24, 2.45) is 0 Å². The van der Waals surface area contributed by atoms with Crippen LogP contribution in [-0.4, -0.2) is 14.5 Å². The summed E-state index contributed by atoms with van der Waals surface area (Å²) >= 11 is 3.44. The molecule has 4 aromatic heterocycles. The van der Waals surface area contributed by atoms with Gasteiger partial charge in [0.1, 0.15) is 4.83 Å². The van der Waals surface area contributed by atoms with Gasteiger partial charge in [0.05, 0.1) is 26.0 Å². The van der Waals surface area contributed by atoms with E-state index in [0.717, 1.165) is 47.9 Å². The van der Waals surface area contributed by atoms with Crippen LogP contribution in [0.25, 0.3) is 112 Å². The Morgan fingerprint density at radius 1 is 0.491 bits per heavy atom. The molecule has 0 N–H and O–H groups in total. The molecule has 12 aromatic rings. The molecule has 53 heavy (non-hydrogen) atoms. The van der Waals surface area contributed by atoms with E-state index in [2.05, 4.69) is 89.5 Å². The summed E-state index contributed by atoms with van der Waals surface area (Å²) < 4.78 is 65.9. The number of hydrogen-bond donors (Lipinski definition) is 0. The Morgan fingerprint density at radius 2 is 1.13 bits per heavy atom. The van der Waals surface area contributed by atoms with Crippen LogP contribution in [0.2, 0.25) is 0 Å². The fourth-order valence-electron chi connectivity index (χ4n) is 8.05. The highest BCUT2D eigenvalue weighted by atomic mass is 32.1. The Hall–Kier alpha value is -6.40. The predicted molar refractivity (Wildman–Crippen MR) is 228 cm³/mol. The summed E-state index contributed by atoms with van der Waals surface area (Å²) in [4.78, 5) is 11.5. The minimum atomic E-state index is -0.478. The molecule has 0 bridgehead atoms. The summed E-state index contributed by atoms with van der Waals surface area (Å²) in [7, 11) is 0. The predicted octanol–water partition coefficient (Wildman–Crippen LogP) is 13.9. The molecule has 0 aliphatic carbocycles. The van der Waals surface area contributed by atoms with Crippen molar-refractivity contribution >= 4 is 106 Å². The Labute approximate surface area is 321 Å². The SMILES string of the molecule is [2H]c1c([2H])c([2H])c2c(-c3ccc(-c4nc(-n5c6ccccc6c6c7sc8ccccc8c7c7ccccc7c65)c5c(n4)sc4ccccc45)cc3)c([2H])c([2H])c([2H])c2c1[2H]. The zero-order valence-corrected chi connectivity index (χ0v) is 29.3. The van der Waals surface area contributed by atoms with E-state index < -0.39 is 30.2 Å². The van der Waals surface area contributed by atoms with Crippen LogP contribution in [0, 0.1) is 0 Å². The molecule has 0 aliphatic heterocycles. The molecule has 0 fully saturated rings. The smallest absolute Gasteiger partial charge is 0.163 e. The van der Waals surface area contributed by atoms with Crippen molar-refractivity contribution in [2.75, 3.05) is 0 Å². The molecule has 0 spiro atoms. The van der Waals surface area contributed by atoms with Crippen LogP contribution in [0.15, 0.2) is 164 Å². The van der Waals surface area contributed by atoms with Gasteiger partial charge in [0.25, 0.3) is 0 Å². The summed E-state index contributed by atoms with van der Waals surface area (Å²) in [5, 5.41) is 9.12. The van der Waals surface area contributed by atoms with Crippen molar-refractivity contribution in [1.29, 1.82) is 0 Å². The number of thiophene rings is 2. The molecule has 5 heteroatoms. The van der Waals surface area contributed by atoms with Gasteiger partial charge in [0, 0.05) is 52.0 Å². The van der Waals surface area contributed by atoms with Gasteiger partial charge in [0.15, 0.2) is 11.6 Å². The van der Waals surface area contributed by atoms with Gasteiger partial charge in [-0.2, -0.15) is 0 Å². The number of hydrogen-bond acceptors (Lipinski definition) is 4. The van der Waals surface area contributed by atoms with Crippen LogP contribution in [0.1, 0.15) is 9.60 Å². The molecule has 0 unspecified atom stereocenters. The maximum absolute atomic E-state index is 8.90. The number of benzene rings is 8. The molecule has 12 rings (SSSR count).